The van der Waals surface area contributed by atoms with Gasteiger partial charge in [0.1, 0.15) is 5.60 Å². The summed E-state index contributed by atoms with van der Waals surface area (Å²) in [5.41, 5.74) is 1.90. The minimum atomic E-state index is -1.52. The third-order valence-corrected chi connectivity index (χ3v) is 8.85. The van der Waals surface area contributed by atoms with Crippen LogP contribution in [0.15, 0.2) is 96.3 Å². The van der Waals surface area contributed by atoms with E-state index in [1.165, 1.54) is 18.8 Å². The Hall–Kier alpha value is -5.45. The highest BCUT2D eigenvalue weighted by Gasteiger charge is 2.59. The first-order valence-corrected chi connectivity index (χ1v) is 14.9. The second kappa shape index (κ2) is 11.4. The van der Waals surface area contributed by atoms with E-state index >= 15 is 0 Å². The topological polar surface area (TPSA) is 107 Å². The van der Waals surface area contributed by atoms with Crippen molar-refractivity contribution in [2.75, 3.05) is 35.0 Å². The fourth-order valence-corrected chi connectivity index (χ4v) is 6.47. The summed E-state index contributed by atoms with van der Waals surface area (Å²) in [6.45, 7) is 4.19. The van der Waals surface area contributed by atoms with Crippen LogP contribution in [-0.4, -0.2) is 50.4 Å². The molecule has 238 valence electrons. The van der Waals surface area contributed by atoms with Crippen LogP contribution in [0.5, 0.6) is 23.0 Å². The van der Waals surface area contributed by atoms with Crippen molar-refractivity contribution >= 4 is 16.7 Å². The van der Waals surface area contributed by atoms with Gasteiger partial charge in [0.15, 0.2) is 34.6 Å². The van der Waals surface area contributed by atoms with Crippen molar-refractivity contribution in [3.63, 3.8) is 0 Å². The second-order valence-corrected chi connectivity index (χ2v) is 11.2. The maximum atomic E-state index is 14.5. The second-order valence-electron chi connectivity index (χ2n) is 11.2. The van der Waals surface area contributed by atoms with Crippen LogP contribution in [0.3, 0.4) is 0 Å². The predicted octanol–water partition coefficient (Wildman–Crippen LogP) is 5.49. The summed E-state index contributed by atoms with van der Waals surface area (Å²) in [6, 6.07) is 23.2. The molecular formula is C37H32N2O8. The Balaban J connectivity index is 1.35. The van der Waals surface area contributed by atoms with Crippen molar-refractivity contribution in [3.8, 4) is 28.7 Å². The van der Waals surface area contributed by atoms with E-state index in [-0.39, 0.29) is 30.2 Å². The van der Waals surface area contributed by atoms with Crippen LogP contribution in [0.4, 0.5) is 0 Å². The first-order chi connectivity index (χ1) is 22.8. The largest absolute Gasteiger partial charge is 0.493 e. The van der Waals surface area contributed by atoms with E-state index in [2.05, 4.69) is 6.58 Å². The molecule has 1 aromatic heterocycles. The van der Waals surface area contributed by atoms with Gasteiger partial charge in [-0.3, -0.25) is 14.2 Å². The lowest BCUT2D eigenvalue weighted by Crippen LogP contribution is -2.34. The van der Waals surface area contributed by atoms with Crippen LogP contribution >= 0.6 is 0 Å². The molecule has 0 aliphatic carbocycles. The number of ether oxygens (including phenoxy) is 6. The van der Waals surface area contributed by atoms with Crippen LogP contribution in [-0.2, 0) is 27.3 Å². The minimum Gasteiger partial charge on any atom is -0.493 e. The molecule has 2 aliphatic rings. The number of fused-ring (bicyclic) bond motifs is 6. The van der Waals surface area contributed by atoms with Crippen LogP contribution in [0.2, 0.25) is 0 Å². The molecule has 47 heavy (non-hydrogen) atoms. The fourth-order valence-electron chi connectivity index (χ4n) is 6.47. The van der Waals surface area contributed by atoms with Gasteiger partial charge in [-0.1, -0.05) is 49.1 Å². The maximum absolute atomic E-state index is 14.5. The molecule has 1 spiro atoms. The number of carbonyl (C=O) groups is 1. The van der Waals surface area contributed by atoms with Gasteiger partial charge in [0.05, 0.1) is 51.6 Å². The first-order valence-electron chi connectivity index (χ1n) is 14.9. The van der Waals surface area contributed by atoms with Crippen LogP contribution in [0.25, 0.3) is 16.6 Å². The highest BCUT2D eigenvalue weighted by molar-refractivity contribution is 6.00. The number of benzene rings is 4. The Morgan fingerprint density at radius 3 is 2.32 bits per heavy atom. The first kappa shape index (κ1) is 30.2. The van der Waals surface area contributed by atoms with Gasteiger partial charge in [-0.25, -0.2) is 4.98 Å². The molecule has 0 bridgehead atoms. The van der Waals surface area contributed by atoms with E-state index in [9.17, 15) is 9.59 Å². The lowest BCUT2D eigenvalue weighted by atomic mass is 9.94. The zero-order valence-electron chi connectivity index (χ0n) is 26.4. The number of para-hydroxylation sites is 1. The molecule has 2 aliphatic heterocycles. The SMILES string of the molecule is C=CC1(c2ccc(OC)c(OC)c2)COC2(O1)c1ccccc1-n1c2nc2cccc(CC(=O)c3ccc(OC)c(OC)c3)c2c1=O. The molecule has 5 aromatic rings. The standard InChI is InChI=1S/C37H32N2O8/c1-6-36(24-15-17-30(43-3)32(20-24)45-5)21-46-37(47-36)25-11-7-8-13-27(25)39-34(41)33-23(10-9-12-26(33)38-35(37)39)18-28(40)22-14-16-29(42-2)31(19-22)44-4/h6-17,19-20H,1,18,21H2,2-5H3. The molecule has 0 amide bonds. The van der Waals surface area contributed by atoms with Crippen molar-refractivity contribution < 1.29 is 33.2 Å². The lowest BCUT2D eigenvalue weighted by Gasteiger charge is -2.29. The van der Waals surface area contributed by atoms with E-state index < -0.39 is 11.4 Å². The normalized spacial score (nSPS) is 19.3. The number of hydrogen-bond acceptors (Lipinski definition) is 9. The van der Waals surface area contributed by atoms with Crippen molar-refractivity contribution in [1.29, 1.82) is 0 Å². The third kappa shape index (κ3) is 4.51. The number of nitrogens with zero attached hydrogens (tertiary/aromatic N) is 2. The van der Waals surface area contributed by atoms with Crippen molar-refractivity contribution in [2.24, 2.45) is 0 Å². The van der Waals surface area contributed by atoms with Crippen LogP contribution < -0.4 is 24.5 Å². The summed E-state index contributed by atoms with van der Waals surface area (Å²) >= 11 is 0. The molecular weight excluding hydrogens is 600 g/mol. The highest BCUT2D eigenvalue weighted by atomic mass is 16.8. The number of hydrogen-bond donors (Lipinski definition) is 0. The lowest BCUT2D eigenvalue weighted by molar-refractivity contribution is -0.159. The van der Waals surface area contributed by atoms with Gasteiger partial charge in [0, 0.05) is 17.5 Å². The van der Waals surface area contributed by atoms with Gasteiger partial charge < -0.3 is 28.4 Å². The van der Waals surface area contributed by atoms with Crippen LogP contribution in [0, 0.1) is 0 Å². The summed E-state index contributed by atoms with van der Waals surface area (Å²) in [4.78, 5) is 33.0. The Kier molecular flexibility index (Phi) is 7.34. The summed E-state index contributed by atoms with van der Waals surface area (Å²) < 4.78 is 36.7. The van der Waals surface area contributed by atoms with Gasteiger partial charge in [-0.2, -0.15) is 0 Å². The average molecular weight is 633 g/mol. The van der Waals surface area contributed by atoms with Crippen LogP contribution in [0.1, 0.15) is 32.9 Å². The van der Waals surface area contributed by atoms with Gasteiger partial charge in [-0.05, 0) is 53.6 Å². The molecule has 2 atom stereocenters. The van der Waals surface area contributed by atoms with Gasteiger partial charge in [0.2, 0.25) is 0 Å². The van der Waals surface area contributed by atoms with Crippen molar-refractivity contribution in [2.45, 2.75) is 17.8 Å². The van der Waals surface area contributed by atoms with E-state index in [0.717, 1.165) is 5.56 Å². The maximum Gasteiger partial charge on any atom is 0.266 e. The molecule has 10 nitrogen and oxygen atoms in total. The third-order valence-electron chi connectivity index (χ3n) is 8.85. The zero-order valence-corrected chi connectivity index (χ0v) is 26.4. The van der Waals surface area contributed by atoms with Gasteiger partial charge >= 0.3 is 0 Å². The van der Waals surface area contributed by atoms with Gasteiger partial charge in [0.25, 0.3) is 11.3 Å². The summed E-state index contributed by atoms with van der Waals surface area (Å²) in [5, 5.41) is 0.338. The number of Topliss-reactive ketones (excluding diaryl/α,β-unsaturated/α-hetero) is 1. The monoisotopic (exact) mass is 632 g/mol. The molecule has 0 radical (unpaired) electrons. The number of aromatic nitrogens is 2. The van der Waals surface area contributed by atoms with Crippen molar-refractivity contribution in [1.82, 2.24) is 9.55 Å². The molecule has 4 aromatic carbocycles. The number of methoxy groups -OCH3 is 4. The Morgan fingerprint density at radius 1 is 0.894 bits per heavy atom. The molecule has 10 heteroatoms. The smallest absolute Gasteiger partial charge is 0.266 e. The van der Waals surface area contributed by atoms with E-state index in [0.29, 0.717) is 56.3 Å². The van der Waals surface area contributed by atoms with Crippen molar-refractivity contribution in [3.05, 3.63) is 130 Å². The number of carbonyl (C=O) groups excluding carboxylic acids is 1. The molecule has 1 saturated heterocycles. The quantitative estimate of drug-likeness (QED) is 0.154. The average Bonchev–Trinajstić information content (AvgIpc) is 3.64. The zero-order chi connectivity index (χ0) is 32.9. The molecule has 2 unspecified atom stereocenters. The molecule has 0 saturated carbocycles. The Labute approximate surface area is 270 Å². The summed E-state index contributed by atoms with van der Waals surface area (Å²) in [7, 11) is 6.18. The summed E-state index contributed by atoms with van der Waals surface area (Å²) in [5.74, 6) is 0.633. The number of rotatable bonds is 9. The predicted molar refractivity (Wildman–Crippen MR) is 174 cm³/mol. The number of ketones is 1. The molecule has 7 rings (SSSR count). The molecule has 3 heterocycles. The highest BCUT2D eigenvalue weighted by Crippen LogP contribution is 2.53. The molecule has 0 N–H and O–H groups in total. The van der Waals surface area contributed by atoms with Gasteiger partial charge in [-0.15, -0.1) is 0 Å². The molecule has 1 fully saturated rings. The Morgan fingerprint density at radius 2 is 1.60 bits per heavy atom. The fraction of sp³-hybridized carbons (Fsp3) is 0.216. The van der Waals surface area contributed by atoms with E-state index in [1.54, 1.807) is 62.8 Å². The Bertz CT molecular complexity index is 2140. The van der Waals surface area contributed by atoms with E-state index in [1.807, 2.05) is 36.4 Å². The van der Waals surface area contributed by atoms with E-state index in [4.69, 9.17) is 33.4 Å². The minimum absolute atomic E-state index is 0.0260. The summed E-state index contributed by atoms with van der Waals surface area (Å²) in [6.07, 6.45) is 1.66.